The second kappa shape index (κ2) is 9.28. The van der Waals surface area contributed by atoms with E-state index in [0.29, 0.717) is 24.1 Å². The molecule has 1 aliphatic carbocycles. The monoisotopic (exact) mass is 496 g/mol. The first-order valence-electron chi connectivity index (χ1n) is 12.4. The predicted molar refractivity (Wildman–Crippen MR) is 135 cm³/mol. The largest absolute Gasteiger partial charge is 0.348 e. The van der Waals surface area contributed by atoms with Crippen molar-refractivity contribution in [2.45, 2.75) is 69.5 Å². The van der Waals surface area contributed by atoms with Crippen molar-refractivity contribution in [1.29, 1.82) is 0 Å². The fourth-order valence-corrected chi connectivity index (χ4v) is 6.97. The first-order chi connectivity index (χ1) is 16.8. The van der Waals surface area contributed by atoms with Gasteiger partial charge >= 0.3 is 5.69 Å². The molecule has 2 aromatic carbocycles. The number of sulfonamides is 1. The second-order valence-corrected chi connectivity index (χ2v) is 11.7. The third-order valence-corrected chi connectivity index (χ3v) is 9.05. The summed E-state index contributed by atoms with van der Waals surface area (Å²) in [6, 6.07) is 12.7. The summed E-state index contributed by atoms with van der Waals surface area (Å²) in [4.78, 5) is 26.7. The Kier molecular flexibility index (Phi) is 6.31. The van der Waals surface area contributed by atoms with Crippen molar-refractivity contribution in [3.05, 3.63) is 64.1 Å². The van der Waals surface area contributed by atoms with Crippen molar-refractivity contribution in [1.82, 2.24) is 18.8 Å². The van der Waals surface area contributed by atoms with Crippen molar-refractivity contribution < 1.29 is 13.2 Å². The number of nitrogens with zero attached hydrogens (tertiary/aromatic N) is 3. The minimum atomic E-state index is -3.65. The fraction of sp³-hybridized carbons (Fsp3) is 0.462. The lowest BCUT2D eigenvalue weighted by atomic mass is 9.88. The molecule has 2 heterocycles. The van der Waals surface area contributed by atoms with Gasteiger partial charge in [0.1, 0.15) is 6.54 Å². The van der Waals surface area contributed by atoms with Crippen LogP contribution in [0.25, 0.3) is 11.0 Å². The number of carbonyl (C=O) groups is 1. The van der Waals surface area contributed by atoms with Gasteiger partial charge in [-0.25, -0.2) is 13.2 Å². The number of hydrogen-bond acceptors (Lipinski definition) is 4. The Morgan fingerprint density at radius 3 is 2.54 bits per heavy atom. The lowest BCUT2D eigenvalue weighted by molar-refractivity contribution is -0.122. The van der Waals surface area contributed by atoms with E-state index in [1.54, 1.807) is 22.8 Å². The van der Waals surface area contributed by atoms with E-state index in [1.807, 2.05) is 32.0 Å². The third kappa shape index (κ3) is 4.31. The number of carbonyl (C=O) groups excluding carboxylic acids is 1. The highest BCUT2D eigenvalue weighted by atomic mass is 32.2. The van der Waals surface area contributed by atoms with E-state index in [4.69, 9.17) is 0 Å². The molecule has 1 atom stereocenters. The van der Waals surface area contributed by atoms with Gasteiger partial charge in [0.05, 0.1) is 22.0 Å². The molecule has 1 fully saturated rings. The molecule has 0 bridgehead atoms. The number of aryl methyl sites for hydroxylation is 1. The second-order valence-electron chi connectivity index (χ2n) is 9.81. The summed E-state index contributed by atoms with van der Waals surface area (Å²) in [5.74, 6) is -0.260. The summed E-state index contributed by atoms with van der Waals surface area (Å²) in [5, 5.41) is 3.11. The van der Waals surface area contributed by atoms with Gasteiger partial charge in [-0.3, -0.25) is 13.9 Å². The molecule has 0 unspecified atom stereocenters. The zero-order valence-electron chi connectivity index (χ0n) is 20.2. The van der Waals surface area contributed by atoms with E-state index >= 15 is 0 Å². The van der Waals surface area contributed by atoms with Gasteiger partial charge in [-0.05, 0) is 75.3 Å². The molecule has 1 N–H and O–H groups in total. The number of aromatic nitrogens is 2. The van der Waals surface area contributed by atoms with E-state index < -0.39 is 10.0 Å². The molecule has 0 radical (unpaired) electrons. The van der Waals surface area contributed by atoms with Crippen LogP contribution in [0.15, 0.2) is 52.2 Å². The molecule has 35 heavy (non-hydrogen) atoms. The summed E-state index contributed by atoms with van der Waals surface area (Å²) >= 11 is 0. The Morgan fingerprint density at radius 1 is 1.06 bits per heavy atom. The van der Waals surface area contributed by atoms with Gasteiger partial charge in [0.25, 0.3) is 0 Å². The molecule has 8 nitrogen and oxygen atoms in total. The topological polar surface area (TPSA) is 93.4 Å². The Hall–Kier alpha value is -2.91. The van der Waals surface area contributed by atoms with Crippen LogP contribution in [-0.2, 0) is 27.8 Å². The number of fused-ring (bicyclic) bond motifs is 2. The van der Waals surface area contributed by atoms with Gasteiger partial charge < -0.3 is 5.32 Å². The number of amides is 1. The number of benzene rings is 2. The molecule has 2 aliphatic rings. The molecule has 1 amide bonds. The first kappa shape index (κ1) is 23.8. The maximum atomic E-state index is 13.4. The van der Waals surface area contributed by atoms with Crippen molar-refractivity contribution in [2.24, 2.45) is 0 Å². The van der Waals surface area contributed by atoms with Gasteiger partial charge in [0, 0.05) is 19.1 Å². The van der Waals surface area contributed by atoms with Crippen molar-refractivity contribution in [3.63, 3.8) is 0 Å². The van der Waals surface area contributed by atoms with Crippen LogP contribution in [0.2, 0.25) is 0 Å². The quantitative estimate of drug-likeness (QED) is 0.566. The van der Waals surface area contributed by atoms with Gasteiger partial charge in [0.15, 0.2) is 0 Å². The normalized spacial score (nSPS) is 18.8. The molecule has 0 spiro atoms. The lowest BCUT2D eigenvalue weighted by Crippen LogP contribution is -2.36. The third-order valence-electron chi connectivity index (χ3n) is 7.16. The zero-order valence-corrected chi connectivity index (χ0v) is 21.1. The molecule has 1 saturated heterocycles. The van der Waals surface area contributed by atoms with E-state index in [9.17, 15) is 18.0 Å². The molecule has 0 saturated carbocycles. The van der Waals surface area contributed by atoms with Crippen molar-refractivity contribution >= 4 is 27.0 Å². The smallest absolute Gasteiger partial charge is 0.329 e. The van der Waals surface area contributed by atoms with Crippen LogP contribution in [0.1, 0.15) is 62.7 Å². The molecular formula is C26H32N4O4S. The molecular weight excluding hydrogens is 464 g/mol. The molecule has 1 aliphatic heterocycles. The van der Waals surface area contributed by atoms with Gasteiger partial charge in [-0.15, -0.1) is 0 Å². The summed E-state index contributed by atoms with van der Waals surface area (Å²) < 4.78 is 30.8. The fourth-order valence-electron chi connectivity index (χ4n) is 5.44. The van der Waals surface area contributed by atoms with Gasteiger partial charge in [0.2, 0.25) is 15.9 Å². The Labute approximate surface area is 205 Å². The maximum absolute atomic E-state index is 13.4. The van der Waals surface area contributed by atoms with Crippen LogP contribution < -0.4 is 11.0 Å². The highest BCUT2D eigenvalue weighted by Gasteiger charge is 2.29. The van der Waals surface area contributed by atoms with E-state index in [2.05, 4.69) is 11.4 Å². The SMILES string of the molecule is CC(C)n1c(=O)n(CC(=O)N[C@H]2CCCc3ccccc32)c2cc(S(=O)(=O)N3CCCC3)ccc21. The highest BCUT2D eigenvalue weighted by molar-refractivity contribution is 7.89. The van der Waals surface area contributed by atoms with E-state index in [-0.39, 0.29) is 35.1 Å². The van der Waals surface area contributed by atoms with Crippen LogP contribution in [0, 0.1) is 0 Å². The Bertz CT molecular complexity index is 1430. The van der Waals surface area contributed by atoms with Crippen LogP contribution in [0.5, 0.6) is 0 Å². The first-order valence-corrected chi connectivity index (χ1v) is 13.8. The minimum Gasteiger partial charge on any atom is -0.348 e. The van der Waals surface area contributed by atoms with E-state index in [0.717, 1.165) is 37.7 Å². The number of rotatable bonds is 6. The number of imidazole rings is 1. The Balaban J connectivity index is 1.50. The van der Waals surface area contributed by atoms with Crippen molar-refractivity contribution in [3.8, 4) is 0 Å². The Morgan fingerprint density at radius 2 is 1.80 bits per heavy atom. The van der Waals surface area contributed by atoms with Crippen LogP contribution in [0.4, 0.5) is 0 Å². The summed E-state index contributed by atoms with van der Waals surface area (Å²) in [6.45, 7) is 4.65. The number of nitrogens with one attached hydrogen (secondary N) is 1. The summed E-state index contributed by atoms with van der Waals surface area (Å²) in [6.07, 6.45) is 4.54. The van der Waals surface area contributed by atoms with Crippen LogP contribution in [0.3, 0.4) is 0 Å². The average Bonchev–Trinajstić information content (AvgIpc) is 3.47. The standard InChI is InChI=1S/C26H32N4O4S/c1-18(2)30-23-13-12-20(35(33,34)28-14-5-6-15-28)16-24(23)29(26(30)32)17-25(31)27-22-11-7-9-19-8-3-4-10-21(19)22/h3-4,8,10,12-13,16,18,22H,5-7,9,11,14-15,17H2,1-2H3,(H,27,31)/t22-/m0/s1. The van der Waals surface area contributed by atoms with Gasteiger partial charge in [-0.1, -0.05) is 24.3 Å². The molecule has 5 rings (SSSR count). The molecule has 186 valence electrons. The van der Waals surface area contributed by atoms with Gasteiger partial charge in [-0.2, -0.15) is 4.31 Å². The summed E-state index contributed by atoms with van der Waals surface area (Å²) in [7, 11) is -3.65. The van der Waals surface area contributed by atoms with Crippen LogP contribution in [-0.4, -0.2) is 40.9 Å². The minimum absolute atomic E-state index is 0.0901. The lowest BCUT2D eigenvalue weighted by Gasteiger charge is -2.26. The number of hydrogen-bond donors (Lipinski definition) is 1. The van der Waals surface area contributed by atoms with E-state index in [1.165, 1.54) is 14.4 Å². The average molecular weight is 497 g/mol. The molecule has 3 aromatic rings. The summed E-state index contributed by atoms with van der Waals surface area (Å²) in [5.41, 5.74) is 3.15. The van der Waals surface area contributed by atoms with Crippen LogP contribution >= 0.6 is 0 Å². The van der Waals surface area contributed by atoms with Crippen molar-refractivity contribution in [2.75, 3.05) is 13.1 Å². The molecule has 1 aromatic heterocycles. The molecule has 9 heteroatoms. The predicted octanol–water partition coefficient (Wildman–Crippen LogP) is 3.36. The zero-order chi connectivity index (χ0) is 24.7. The maximum Gasteiger partial charge on any atom is 0.329 e. The highest BCUT2D eigenvalue weighted by Crippen LogP contribution is 2.30.